The first kappa shape index (κ1) is 14.9. The molecule has 2 heterocycles. The average Bonchev–Trinajstić information content (AvgIpc) is 2.85. The Morgan fingerprint density at radius 1 is 1.40 bits per heavy atom. The maximum absolute atomic E-state index is 12.0. The summed E-state index contributed by atoms with van der Waals surface area (Å²) in [5, 5.41) is 0. The van der Waals surface area contributed by atoms with Crippen molar-refractivity contribution < 1.29 is 9.53 Å². The number of ether oxygens (including phenoxy) is 1. The summed E-state index contributed by atoms with van der Waals surface area (Å²) in [5.74, 6) is 1.60. The maximum atomic E-state index is 12.0. The fourth-order valence-corrected chi connectivity index (χ4v) is 2.59. The molecule has 112 valence electrons. The van der Waals surface area contributed by atoms with E-state index >= 15 is 0 Å². The van der Waals surface area contributed by atoms with Gasteiger partial charge in [0.1, 0.15) is 11.4 Å². The van der Waals surface area contributed by atoms with Crippen LogP contribution in [0.2, 0.25) is 0 Å². The fourth-order valence-electron chi connectivity index (χ4n) is 2.59. The predicted octanol–water partition coefficient (Wildman–Crippen LogP) is 3.02. The Balaban J connectivity index is 1.91. The normalized spacial score (nSPS) is 17.3. The van der Waals surface area contributed by atoms with Crippen LogP contribution in [0.5, 0.6) is 0 Å². The Labute approximate surface area is 120 Å². The molecule has 1 aliphatic rings. The van der Waals surface area contributed by atoms with Crippen LogP contribution in [0.15, 0.2) is 12.4 Å². The highest BCUT2D eigenvalue weighted by Gasteiger charge is 2.28. The molecule has 1 aliphatic heterocycles. The number of rotatable bonds is 2. The SMILES string of the molecule is CCn1ccnc1C1CCN(C(=O)OC(C)(C)C)CC1. The number of aryl methyl sites for hydroxylation is 1. The molecule has 20 heavy (non-hydrogen) atoms. The minimum absolute atomic E-state index is 0.199. The monoisotopic (exact) mass is 279 g/mol. The molecule has 0 aliphatic carbocycles. The van der Waals surface area contributed by atoms with Crippen molar-refractivity contribution in [1.29, 1.82) is 0 Å². The van der Waals surface area contributed by atoms with Gasteiger partial charge in [0.05, 0.1) is 0 Å². The number of imidazole rings is 1. The molecular formula is C15H25N3O2. The highest BCUT2D eigenvalue weighted by atomic mass is 16.6. The number of nitrogens with zero attached hydrogens (tertiary/aromatic N) is 3. The number of aromatic nitrogens is 2. The zero-order chi connectivity index (χ0) is 14.8. The molecule has 1 fully saturated rings. The summed E-state index contributed by atoms with van der Waals surface area (Å²) >= 11 is 0. The second-order valence-electron chi connectivity index (χ2n) is 6.31. The molecule has 0 atom stereocenters. The number of amides is 1. The van der Waals surface area contributed by atoms with Gasteiger partial charge in [0, 0.05) is 37.9 Å². The van der Waals surface area contributed by atoms with Crippen molar-refractivity contribution in [2.75, 3.05) is 13.1 Å². The quantitative estimate of drug-likeness (QED) is 0.836. The van der Waals surface area contributed by atoms with Crippen LogP contribution >= 0.6 is 0 Å². The first-order chi connectivity index (χ1) is 9.40. The molecule has 2 rings (SSSR count). The molecule has 1 amide bonds. The third kappa shape index (κ3) is 3.52. The van der Waals surface area contributed by atoms with Gasteiger partial charge in [0.25, 0.3) is 0 Å². The van der Waals surface area contributed by atoms with Crippen LogP contribution in [0.4, 0.5) is 4.79 Å². The van der Waals surface area contributed by atoms with Crippen LogP contribution in [-0.4, -0.2) is 39.2 Å². The minimum atomic E-state index is -0.424. The zero-order valence-corrected chi connectivity index (χ0v) is 12.9. The predicted molar refractivity (Wildman–Crippen MR) is 77.7 cm³/mol. The summed E-state index contributed by atoms with van der Waals surface area (Å²) in [6.45, 7) is 10.3. The molecule has 0 radical (unpaired) electrons. The third-order valence-electron chi connectivity index (χ3n) is 3.60. The molecule has 5 heteroatoms. The molecule has 0 unspecified atom stereocenters. The van der Waals surface area contributed by atoms with E-state index < -0.39 is 5.60 Å². The lowest BCUT2D eigenvalue weighted by Crippen LogP contribution is -2.41. The Hall–Kier alpha value is -1.52. The molecule has 1 aromatic heterocycles. The van der Waals surface area contributed by atoms with Gasteiger partial charge in [0.15, 0.2) is 0 Å². The summed E-state index contributed by atoms with van der Waals surface area (Å²) in [6.07, 6.45) is 5.59. The molecule has 0 N–H and O–H groups in total. The number of likely N-dealkylation sites (tertiary alicyclic amines) is 1. The molecule has 0 spiro atoms. The molecule has 0 saturated carbocycles. The number of carbonyl (C=O) groups excluding carboxylic acids is 1. The summed E-state index contributed by atoms with van der Waals surface area (Å²) in [5.41, 5.74) is -0.424. The van der Waals surface area contributed by atoms with Gasteiger partial charge in [0.2, 0.25) is 0 Å². The Morgan fingerprint density at radius 2 is 2.05 bits per heavy atom. The molecule has 0 aromatic carbocycles. The smallest absolute Gasteiger partial charge is 0.410 e. The number of carbonyl (C=O) groups is 1. The number of hydrogen-bond acceptors (Lipinski definition) is 3. The summed E-state index contributed by atoms with van der Waals surface area (Å²) in [6, 6.07) is 0. The van der Waals surface area contributed by atoms with Gasteiger partial charge in [-0.25, -0.2) is 9.78 Å². The van der Waals surface area contributed by atoms with Crippen LogP contribution < -0.4 is 0 Å². The van der Waals surface area contributed by atoms with Gasteiger partial charge >= 0.3 is 6.09 Å². The van der Waals surface area contributed by atoms with E-state index in [0.717, 1.165) is 38.3 Å². The van der Waals surface area contributed by atoms with Crippen LogP contribution in [-0.2, 0) is 11.3 Å². The average molecular weight is 279 g/mol. The lowest BCUT2D eigenvalue weighted by Gasteiger charge is -2.33. The van der Waals surface area contributed by atoms with Crippen molar-refractivity contribution in [3.8, 4) is 0 Å². The van der Waals surface area contributed by atoms with E-state index in [0.29, 0.717) is 5.92 Å². The van der Waals surface area contributed by atoms with Gasteiger partial charge in [-0.1, -0.05) is 0 Å². The van der Waals surface area contributed by atoms with Crippen molar-refractivity contribution in [1.82, 2.24) is 14.5 Å². The van der Waals surface area contributed by atoms with E-state index in [1.807, 2.05) is 33.2 Å². The molecular weight excluding hydrogens is 254 g/mol. The Morgan fingerprint density at radius 3 is 2.60 bits per heavy atom. The molecule has 5 nitrogen and oxygen atoms in total. The summed E-state index contributed by atoms with van der Waals surface area (Å²) < 4.78 is 7.60. The molecule has 1 saturated heterocycles. The van der Waals surface area contributed by atoms with E-state index in [4.69, 9.17) is 4.74 Å². The second-order valence-corrected chi connectivity index (χ2v) is 6.31. The van der Waals surface area contributed by atoms with E-state index in [2.05, 4.69) is 16.5 Å². The van der Waals surface area contributed by atoms with Crippen molar-refractivity contribution in [3.05, 3.63) is 18.2 Å². The van der Waals surface area contributed by atoms with E-state index in [-0.39, 0.29) is 6.09 Å². The number of hydrogen-bond donors (Lipinski definition) is 0. The maximum Gasteiger partial charge on any atom is 0.410 e. The third-order valence-corrected chi connectivity index (χ3v) is 3.60. The summed E-state index contributed by atoms with van der Waals surface area (Å²) in [7, 11) is 0. The van der Waals surface area contributed by atoms with Gasteiger partial charge in [-0.3, -0.25) is 0 Å². The van der Waals surface area contributed by atoms with E-state index in [9.17, 15) is 4.79 Å². The van der Waals surface area contributed by atoms with Crippen LogP contribution in [0.25, 0.3) is 0 Å². The first-order valence-electron chi connectivity index (χ1n) is 7.39. The number of piperidine rings is 1. The topological polar surface area (TPSA) is 47.4 Å². The van der Waals surface area contributed by atoms with Crippen molar-refractivity contribution >= 4 is 6.09 Å². The van der Waals surface area contributed by atoms with Crippen LogP contribution in [0, 0.1) is 0 Å². The highest BCUT2D eigenvalue weighted by Crippen LogP contribution is 2.27. The molecule has 0 bridgehead atoms. The van der Waals surface area contributed by atoms with Gasteiger partial charge in [-0.2, -0.15) is 0 Å². The van der Waals surface area contributed by atoms with Crippen molar-refractivity contribution in [2.24, 2.45) is 0 Å². The minimum Gasteiger partial charge on any atom is -0.444 e. The fraction of sp³-hybridized carbons (Fsp3) is 0.733. The van der Waals surface area contributed by atoms with Gasteiger partial charge in [-0.05, 0) is 40.5 Å². The van der Waals surface area contributed by atoms with E-state index in [1.54, 1.807) is 4.90 Å². The van der Waals surface area contributed by atoms with E-state index in [1.165, 1.54) is 0 Å². The zero-order valence-electron chi connectivity index (χ0n) is 12.9. The Bertz CT molecular complexity index is 454. The van der Waals surface area contributed by atoms with Crippen molar-refractivity contribution in [3.63, 3.8) is 0 Å². The lowest BCUT2D eigenvalue weighted by atomic mass is 9.96. The van der Waals surface area contributed by atoms with Gasteiger partial charge in [-0.15, -0.1) is 0 Å². The van der Waals surface area contributed by atoms with Crippen LogP contribution in [0.1, 0.15) is 52.3 Å². The Kier molecular flexibility index (Phi) is 4.35. The first-order valence-corrected chi connectivity index (χ1v) is 7.39. The second kappa shape index (κ2) is 5.85. The summed E-state index contributed by atoms with van der Waals surface area (Å²) in [4.78, 5) is 18.3. The standard InChI is InChI=1S/C15H25N3O2/c1-5-17-11-8-16-13(17)12-6-9-18(10-7-12)14(19)20-15(2,3)4/h8,11-12H,5-7,9-10H2,1-4H3. The largest absolute Gasteiger partial charge is 0.444 e. The molecule has 1 aromatic rings. The lowest BCUT2D eigenvalue weighted by molar-refractivity contribution is 0.0202. The van der Waals surface area contributed by atoms with Crippen molar-refractivity contribution in [2.45, 2.75) is 58.6 Å². The highest BCUT2D eigenvalue weighted by molar-refractivity contribution is 5.68. The van der Waals surface area contributed by atoms with Crippen LogP contribution in [0.3, 0.4) is 0 Å². The van der Waals surface area contributed by atoms with Gasteiger partial charge < -0.3 is 14.2 Å².